The van der Waals surface area contributed by atoms with Crippen LogP contribution in [0.3, 0.4) is 0 Å². The zero-order valence-corrected chi connectivity index (χ0v) is 15.3. The number of anilines is 1. The van der Waals surface area contributed by atoms with Crippen molar-refractivity contribution in [2.75, 3.05) is 19.0 Å². The smallest absolute Gasteiger partial charge is 0.258 e. The molecule has 6 nitrogen and oxygen atoms in total. The normalized spacial score (nSPS) is 12.0. The van der Waals surface area contributed by atoms with Gasteiger partial charge in [0.1, 0.15) is 5.75 Å². The van der Waals surface area contributed by atoms with Crippen LogP contribution in [0.5, 0.6) is 5.75 Å². The van der Waals surface area contributed by atoms with E-state index in [1.54, 1.807) is 44.5 Å². The van der Waals surface area contributed by atoms with E-state index in [4.69, 9.17) is 4.74 Å². The van der Waals surface area contributed by atoms with Crippen molar-refractivity contribution >= 4 is 22.4 Å². The minimum atomic E-state index is -0.314. The third-order valence-electron chi connectivity index (χ3n) is 4.53. The summed E-state index contributed by atoms with van der Waals surface area (Å²) >= 11 is 0. The number of aliphatic hydroxyl groups is 1. The fraction of sp³-hybridized carbons (Fsp3) is 0.238. The van der Waals surface area contributed by atoms with E-state index in [9.17, 15) is 14.7 Å². The number of rotatable bonds is 6. The molecule has 27 heavy (non-hydrogen) atoms. The molecule has 1 atom stereocenters. The number of hydrogen-bond acceptors (Lipinski definition) is 4. The Balaban J connectivity index is 1.90. The molecule has 0 radical (unpaired) electrons. The minimum absolute atomic E-state index is 0.124. The van der Waals surface area contributed by atoms with Gasteiger partial charge in [-0.15, -0.1) is 0 Å². The summed E-state index contributed by atoms with van der Waals surface area (Å²) in [5.74, 6) is 0.464. The number of aliphatic hydroxyl groups excluding tert-OH is 1. The van der Waals surface area contributed by atoms with Crippen molar-refractivity contribution < 1.29 is 14.6 Å². The molecule has 0 spiro atoms. The van der Waals surface area contributed by atoms with Crippen LogP contribution in [0, 0.1) is 0 Å². The lowest BCUT2D eigenvalue weighted by molar-refractivity contribution is -0.115. The summed E-state index contributed by atoms with van der Waals surface area (Å²) in [6.07, 6.45) is 1.81. The number of ether oxygens (including phenoxy) is 1. The predicted octanol–water partition coefficient (Wildman–Crippen LogP) is 2.74. The molecule has 1 heterocycles. The van der Waals surface area contributed by atoms with Crippen molar-refractivity contribution in [3.8, 4) is 5.75 Å². The minimum Gasteiger partial charge on any atom is -0.496 e. The highest BCUT2D eigenvalue weighted by molar-refractivity contribution is 6.02. The van der Waals surface area contributed by atoms with Gasteiger partial charge in [-0.2, -0.15) is 0 Å². The van der Waals surface area contributed by atoms with Crippen molar-refractivity contribution in [3.63, 3.8) is 0 Å². The first kappa shape index (κ1) is 18.7. The first-order chi connectivity index (χ1) is 13.0. The summed E-state index contributed by atoms with van der Waals surface area (Å²) in [5, 5.41) is 13.4. The second kappa shape index (κ2) is 8.05. The molecule has 0 fully saturated rings. The maximum absolute atomic E-state index is 12.7. The van der Waals surface area contributed by atoms with E-state index in [-0.39, 0.29) is 30.5 Å². The summed E-state index contributed by atoms with van der Waals surface area (Å²) < 4.78 is 6.77. The number of nitrogens with one attached hydrogen (secondary N) is 1. The summed E-state index contributed by atoms with van der Waals surface area (Å²) in [4.78, 5) is 25.2. The van der Waals surface area contributed by atoms with Crippen molar-refractivity contribution in [2.45, 2.75) is 19.4 Å². The molecule has 0 aliphatic heterocycles. The molecule has 0 aliphatic carbocycles. The van der Waals surface area contributed by atoms with Crippen molar-refractivity contribution in [2.24, 2.45) is 0 Å². The molecule has 3 rings (SSSR count). The summed E-state index contributed by atoms with van der Waals surface area (Å²) in [5.41, 5.74) is 1.17. The highest BCUT2D eigenvalue weighted by atomic mass is 16.5. The Morgan fingerprint density at radius 2 is 1.93 bits per heavy atom. The van der Waals surface area contributed by atoms with Crippen LogP contribution in [0.15, 0.2) is 59.5 Å². The van der Waals surface area contributed by atoms with Crippen LogP contribution < -0.4 is 15.6 Å². The Hall–Kier alpha value is -3.12. The van der Waals surface area contributed by atoms with Crippen molar-refractivity contribution in [1.29, 1.82) is 0 Å². The number of carbonyl (C=O) groups excluding carboxylic acids is 1. The lowest BCUT2D eigenvalue weighted by Gasteiger charge is -2.15. The zero-order chi connectivity index (χ0) is 19.4. The van der Waals surface area contributed by atoms with Crippen LogP contribution in [0.4, 0.5) is 5.69 Å². The van der Waals surface area contributed by atoms with Crippen LogP contribution in [-0.2, 0) is 11.2 Å². The number of methoxy groups -OCH3 is 1. The second-order valence-electron chi connectivity index (χ2n) is 6.36. The highest BCUT2D eigenvalue weighted by Crippen LogP contribution is 2.23. The molecule has 0 saturated heterocycles. The van der Waals surface area contributed by atoms with Gasteiger partial charge in [0.05, 0.1) is 26.2 Å². The zero-order valence-electron chi connectivity index (χ0n) is 15.3. The van der Waals surface area contributed by atoms with Gasteiger partial charge in [0, 0.05) is 28.2 Å². The van der Waals surface area contributed by atoms with Crippen LogP contribution in [0.1, 0.15) is 18.5 Å². The van der Waals surface area contributed by atoms with Gasteiger partial charge >= 0.3 is 0 Å². The maximum atomic E-state index is 12.7. The lowest BCUT2D eigenvalue weighted by Crippen LogP contribution is -2.25. The van der Waals surface area contributed by atoms with Gasteiger partial charge in [-0.25, -0.2) is 0 Å². The standard InChI is InChI=1S/C21H22N2O4/c1-14(13-24)23-11-10-16-17(21(23)26)7-5-8-18(16)22-20(25)12-15-6-3-4-9-19(15)27-2/h3-11,14,24H,12-13H2,1-2H3,(H,22,25). The Morgan fingerprint density at radius 3 is 2.67 bits per heavy atom. The van der Waals surface area contributed by atoms with Gasteiger partial charge < -0.3 is 19.7 Å². The first-order valence-electron chi connectivity index (χ1n) is 8.71. The topological polar surface area (TPSA) is 80.6 Å². The molecule has 0 bridgehead atoms. The fourth-order valence-electron chi connectivity index (χ4n) is 3.05. The summed E-state index contributed by atoms with van der Waals surface area (Å²) in [6, 6.07) is 14.0. The highest BCUT2D eigenvalue weighted by Gasteiger charge is 2.13. The molecular formula is C21H22N2O4. The van der Waals surface area contributed by atoms with E-state index in [0.717, 1.165) is 5.56 Å². The molecule has 0 aliphatic rings. The fourth-order valence-corrected chi connectivity index (χ4v) is 3.05. The van der Waals surface area contributed by atoms with E-state index < -0.39 is 0 Å². The lowest BCUT2D eigenvalue weighted by atomic mass is 10.1. The van der Waals surface area contributed by atoms with E-state index >= 15 is 0 Å². The van der Waals surface area contributed by atoms with Gasteiger partial charge in [-0.1, -0.05) is 24.3 Å². The molecule has 1 unspecified atom stereocenters. The van der Waals surface area contributed by atoms with Gasteiger partial charge in [-0.05, 0) is 31.2 Å². The number of aromatic nitrogens is 1. The quantitative estimate of drug-likeness (QED) is 0.703. The number of pyridine rings is 1. The molecule has 0 saturated carbocycles. The van der Waals surface area contributed by atoms with Gasteiger partial charge in [0.15, 0.2) is 0 Å². The van der Waals surface area contributed by atoms with E-state index in [1.807, 2.05) is 24.3 Å². The molecule has 2 aromatic carbocycles. The average molecular weight is 366 g/mol. The number of amides is 1. The molecule has 2 N–H and O–H groups in total. The number of benzene rings is 2. The monoisotopic (exact) mass is 366 g/mol. The van der Waals surface area contributed by atoms with Crippen molar-refractivity contribution in [1.82, 2.24) is 4.57 Å². The number of nitrogens with zero attached hydrogens (tertiary/aromatic N) is 1. The van der Waals surface area contributed by atoms with Gasteiger partial charge in [0.2, 0.25) is 5.91 Å². The third kappa shape index (κ3) is 3.85. The van der Waals surface area contributed by atoms with Crippen molar-refractivity contribution in [3.05, 3.63) is 70.6 Å². The molecule has 1 aromatic heterocycles. The van der Waals surface area contributed by atoms with Crippen LogP contribution in [0.25, 0.3) is 10.8 Å². The first-order valence-corrected chi connectivity index (χ1v) is 8.71. The SMILES string of the molecule is COc1ccccc1CC(=O)Nc1cccc2c(=O)n(C(C)CO)ccc12. The maximum Gasteiger partial charge on any atom is 0.258 e. The Labute approximate surface area is 157 Å². The van der Waals surface area contributed by atoms with E-state index in [0.29, 0.717) is 22.2 Å². The molecule has 1 amide bonds. The molecule has 140 valence electrons. The molecular weight excluding hydrogens is 344 g/mol. The van der Waals surface area contributed by atoms with Gasteiger partial charge in [0.25, 0.3) is 5.56 Å². The Morgan fingerprint density at radius 1 is 1.15 bits per heavy atom. The predicted molar refractivity (Wildman–Crippen MR) is 105 cm³/mol. The van der Waals surface area contributed by atoms with E-state index in [1.165, 1.54) is 4.57 Å². The largest absolute Gasteiger partial charge is 0.496 e. The van der Waals surface area contributed by atoms with Gasteiger partial charge in [-0.3, -0.25) is 9.59 Å². The van der Waals surface area contributed by atoms with Crippen LogP contribution in [0.2, 0.25) is 0 Å². The van der Waals surface area contributed by atoms with E-state index in [2.05, 4.69) is 5.32 Å². The number of fused-ring (bicyclic) bond motifs is 1. The second-order valence-corrected chi connectivity index (χ2v) is 6.36. The van der Waals surface area contributed by atoms with Crippen LogP contribution >= 0.6 is 0 Å². The summed E-state index contributed by atoms with van der Waals surface area (Å²) in [7, 11) is 1.57. The summed E-state index contributed by atoms with van der Waals surface area (Å²) in [6.45, 7) is 1.65. The number of carbonyl (C=O) groups is 1. The molecule has 3 aromatic rings. The number of para-hydroxylation sites is 1. The Kier molecular flexibility index (Phi) is 5.57. The van der Waals surface area contributed by atoms with Crippen LogP contribution in [-0.4, -0.2) is 29.3 Å². The molecule has 6 heteroatoms. The Bertz CT molecular complexity index is 1030. The average Bonchev–Trinajstić information content (AvgIpc) is 2.68. The third-order valence-corrected chi connectivity index (χ3v) is 4.53. The number of hydrogen-bond donors (Lipinski definition) is 2.